The van der Waals surface area contributed by atoms with E-state index in [1.165, 1.54) is 12.1 Å². The molecule has 4 bridgehead atoms. The summed E-state index contributed by atoms with van der Waals surface area (Å²) in [6.45, 7) is 0.608. The summed E-state index contributed by atoms with van der Waals surface area (Å²) in [4.78, 5) is 53.2. The molecular weight excluding hydrogens is 594 g/mol. The second kappa shape index (κ2) is 17.4. The van der Waals surface area contributed by atoms with E-state index in [2.05, 4.69) is 21.3 Å². The SMILES string of the molecule is NCCC[C@H](N)CNC(=O)[C@H](CN)NC(=O)[C@@H]1Cc2cc(ccc2O)-c2ccc(O)c(c2)C[C@H](N)C(=O)N[C@@H](CCCN)C(=O)N1. The molecule has 0 radical (unpaired) electrons. The molecule has 0 aromatic heterocycles. The quantitative estimate of drug-likeness (QED) is 0.115. The van der Waals surface area contributed by atoms with Gasteiger partial charge in [-0.2, -0.15) is 0 Å². The first kappa shape index (κ1) is 36.2. The number of hydrogen-bond acceptors (Lipinski definition) is 11. The van der Waals surface area contributed by atoms with E-state index >= 15 is 0 Å². The molecule has 0 spiro atoms. The van der Waals surface area contributed by atoms with E-state index in [9.17, 15) is 29.4 Å². The molecule has 15 heteroatoms. The van der Waals surface area contributed by atoms with Gasteiger partial charge in [0.15, 0.2) is 0 Å². The van der Waals surface area contributed by atoms with Gasteiger partial charge in [-0.25, -0.2) is 0 Å². The molecule has 0 saturated carbocycles. The van der Waals surface area contributed by atoms with Gasteiger partial charge in [0, 0.05) is 32.0 Å². The number of fused-ring (bicyclic) bond motifs is 5. The van der Waals surface area contributed by atoms with Gasteiger partial charge in [-0.3, -0.25) is 19.2 Å². The molecule has 252 valence electrons. The van der Waals surface area contributed by atoms with Gasteiger partial charge in [-0.15, -0.1) is 0 Å². The van der Waals surface area contributed by atoms with Crippen LogP contribution in [-0.2, 0) is 32.0 Å². The Morgan fingerprint density at radius 2 is 1.50 bits per heavy atom. The van der Waals surface area contributed by atoms with E-state index in [0.29, 0.717) is 48.1 Å². The molecular formula is C31H47N9O6. The van der Waals surface area contributed by atoms with Gasteiger partial charge in [-0.1, -0.05) is 12.1 Å². The Kier molecular flexibility index (Phi) is 13.7. The maximum atomic E-state index is 13.7. The van der Waals surface area contributed by atoms with E-state index in [1.54, 1.807) is 24.3 Å². The highest BCUT2D eigenvalue weighted by Crippen LogP contribution is 2.31. The number of nitrogens with two attached hydrogens (primary N) is 5. The van der Waals surface area contributed by atoms with Crippen LogP contribution in [0.2, 0.25) is 0 Å². The molecule has 2 aromatic carbocycles. The van der Waals surface area contributed by atoms with Crippen LogP contribution >= 0.6 is 0 Å². The summed E-state index contributed by atoms with van der Waals surface area (Å²) < 4.78 is 0. The fraction of sp³-hybridized carbons (Fsp3) is 0.484. The van der Waals surface area contributed by atoms with Crippen molar-refractivity contribution < 1.29 is 29.4 Å². The zero-order valence-corrected chi connectivity index (χ0v) is 25.8. The lowest BCUT2D eigenvalue weighted by atomic mass is 9.95. The maximum Gasteiger partial charge on any atom is 0.243 e. The van der Waals surface area contributed by atoms with Gasteiger partial charge in [0.05, 0.1) is 6.04 Å². The number of phenolic OH excluding ortho intramolecular Hbond substituents is 2. The number of benzene rings is 2. The molecule has 46 heavy (non-hydrogen) atoms. The van der Waals surface area contributed by atoms with E-state index in [-0.39, 0.29) is 56.4 Å². The molecule has 0 saturated heterocycles. The summed E-state index contributed by atoms with van der Waals surface area (Å²) in [6.07, 6.45) is 1.62. The second-order valence-electron chi connectivity index (χ2n) is 11.5. The van der Waals surface area contributed by atoms with Gasteiger partial charge in [0.25, 0.3) is 0 Å². The van der Waals surface area contributed by atoms with Crippen LogP contribution in [-0.4, -0.2) is 90.2 Å². The summed E-state index contributed by atoms with van der Waals surface area (Å²) in [5, 5.41) is 31.8. The number of hydrogen-bond donors (Lipinski definition) is 11. The van der Waals surface area contributed by atoms with Crippen molar-refractivity contribution in [1.82, 2.24) is 21.3 Å². The van der Waals surface area contributed by atoms with Gasteiger partial charge in [0.1, 0.15) is 29.6 Å². The van der Waals surface area contributed by atoms with Crippen molar-refractivity contribution in [2.75, 3.05) is 26.2 Å². The monoisotopic (exact) mass is 641 g/mol. The first-order valence-corrected chi connectivity index (χ1v) is 15.4. The summed E-state index contributed by atoms with van der Waals surface area (Å²) >= 11 is 0. The van der Waals surface area contributed by atoms with E-state index < -0.39 is 47.8 Å². The first-order chi connectivity index (χ1) is 22.0. The number of rotatable bonds is 12. The highest BCUT2D eigenvalue weighted by molar-refractivity contribution is 5.95. The van der Waals surface area contributed by atoms with Crippen LogP contribution in [0.4, 0.5) is 0 Å². The smallest absolute Gasteiger partial charge is 0.243 e. The molecule has 0 aliphatic carbocycles. The molecule has 16 N–H and O–H groups in total. The van der Waals surface area contributed by atoms with Gasteiger partial charge >= 0.3 is 0 Å². The average molecular weight is 642 g/mol. The number of aromatic hydroxyl groups is 2. The zero-order valence-electron chi connectivity index (χ0n) is 25.8. The highest BCUT2D eigenvalue weighted by atomic mass is 16.3. The molecule has 1 aliphatic heterocycles. The molecule has 15 nitrogen and oxygen atoms in total. The molecule has 0 unspecified atom stereocenters. The van der Waals surface area contributed by atoms with Crippen LogP contribution in [0.15, 0.2) is 36.4 Å². The predicted molar refractivity (Wildman–Crippen MR) is 173 cm³/mol. The minimum Gasteiger partial charge on any atom is -0.508 e. The van der Waals surface area contributed by atoms with Crippen molar-refractivity contribution in [3.63, 3.8) is 0 Å². The van der Waals surface area contributed by atoms with Crippen molar-refractivity contribution in [3.8, 4) is 22.6 Å². The van der Waals surface area contributed by atoms with Crippen LogP contribution in [0.1, 0.15) is 36.8 Å². The van der Waals surface area contributed by atoms with Crippen LogP contribution in [0.25, 0.3) is 11.1 Å². The minimum absolute atomic E-state index is 0.0207. The van der Waals surface area contributed by atoms with Gasteiger partial charge < -0.3 is 60.1 Å². The number of nitrogens with one attached hydrogen (secondary N) is 4. The van der Waals surface area contributed by atoms with Crippen molar-refractivity contribution >= 4 is 23.6 Å². The van der Waals surface area contributed by atoms with Crippen LogP contribution in [0.3, 0.4) is 0 Å². The van der Waals surface area contributed by atoms with Gasteiger partial charge in [0.2, 0.25) is 23.6 Å². The van der Waals surface area contributed by atoms with E-state index in [1.807, 2.05) is 0 Å². The third-order valence-corrected chi connectivity index (χ3v) is 7.84. The van der Waals surface area contributed by atoms with Crippen LogP contribution in [0, 0.1) is 0 Å². The molecule has 1 heterocycles. The molecule has 5 atom stereocenters. The van der Waals surface area contributed by atoms with E-state index in [4.69, 9.17) is 28.7 Å². The summed E-state index contributed by atoms with van der Waals surface area (Å²) in [7, 11) is 0. The Morgan fingerprint density at radius 1 is 0.891 bits per heavy atom. The number of phenols is 2. The Labute approximate surface area is 268 Å². The molecule has 0 fully saturated rings. The molecule has 2 aromatic rings. The van der Waals surface area contributed by atoms with Gasteiger partial charge in [-0.05, 0) is 85.3 Å². The molecule has 1 aliphatic rings. The third kappa shape index (κ3) is 10.1. The number of amides is 4. The Hall–Kier alpha value is -4.28. The van der Waals surface area contributed by atoms with Crippen molar-refractivity contribution in [2.24, 2.45) is 28.7 Å². The Morgan fingerprint density at radius 3 is 2.09 bits per heavy atom. The zero-order chi connectivity index (χ0) is 33.8. The average Bonchev–Trinajstić information content (AvgIpc) is 3.04. The van der Waals surface area contributed by atoms with Crippen LogP contribution < -0.4 is 49.9 Å². The Bertz CT molecular complexity index is 1370. The fourth-order valence-corrected chi connectivity index (χ4v) is 5.10. The Balaban J connectivity index is 1.97. The number of carbonyl (C=O) groups is 4. The minimum atomic E-state index is -1.30. The summed E-state index contributed by atoms with van der Waals surface area (Å²) in [6, 6.07) is 4.60. The molecule has 3 rings (SSSR count). The predicted octanol–water partition coefficient (Wildman–Crippen LogP) is -2.47. The highest BCUT2D eigenvalue weighted by Gasteiger charge is 2.31. The lowest BCUT2D eigenvalue weighted by molar-refractivity contribution is -0.134. The van der Waals surface area contributed by atoms with Crippen LogP contribution in [0.5, 0.6) is 11.5 Å². The van der Waals surface area contributed by atoms with Crippen molar-refractivity contribution in [1.29, 1.82) is 0 Å². The number of carbonyl (C=O) groups excluding carboxylic acids is 4. The first-order valence-electron chi connectivity index (χ1n) is 15.4. The maximum absolute atomic E-state index is 13.7. The summed E-state index contributed by atoms with van der Waals surface area (Å²) in [5.74, 6) is -2.82. The topological polar surface area (TPSA) is 287 Å². The third-order valence-electron chi connectivity index (χ3n) is 7.84. The standard InChI is InChI=1S/C31H47N9O6/c32-9-1-3-21(35)16-37-29(44)25(15-34)40-31(46)24-14-20-12-18(6-8-27(20)42)17-5-7-26(41)19(11-17)13-22(36)28(43)38-23(4-2-10-33)30(45)39-24/h5-8,11-12,21-25,41-42H,1-4,9-10,13-16,32-36H2,(H,37,44)(H,38,43)(H,39,45)(H,40,46)/t21-,22-,23-,24-,25-/m0/s1. The second-order valence-corrected chi connectivity index (χ2v) is 11.5. The lowest BCUT2D eigenvalue weighted by Gasteiger charge is -2.26. The van der Waals surface area contributed by atoms with Crippen molar-refractivity contribution in [2.45, 2.75) is 68.7 Å². The molecule has 4 amide bonds. The summed E-state index contributed by atoms with van der Waals surface area (Å²) in [5.41, 5.74) is 31.3. The lowest BCUT2D eigenvalue weighted by Crippen LogP contribution is -2.59. The largest absolute Gasteiger partial charge is 0.508 e. The normalized spacial score (nSPS) is 19.9. The fourth-order valence-electron chi connectivity index (χ4n) is 5.10. The van der Waals surface area contributed by atoms with E-state index in [0.717, 1.165) is 0 Å². The van der Waals surface area contributed by atoms with Crippen molar-refractivity contribution in [3.05, 3.63) is 47.5 Å².